The predicted molar refractivity (Wildman–Crippen MR) is 69.2 cm³/mol. The zero-order chi connectivity index (χ0) is 10.8. The van der Waals surface area contributed by atoms with Gasteiger partial charge in [0.25, 0.3) is 0 Å². The molecule has 1 nitrogen and oxygen atoms in total. The fourth-order valence-corrected chi connectivity index (χ4v) is 2.08. The first-order valence-electron chi connectivity index (χ1n) is 5.98. The first-order valence-corrected chi connectivity index (χ1v) is 7.13. The Labute approximate surface area is 94.4 Å². The molecular weight excluding hydrogens is 190 g/mol. The van der Waals surface area contributed by atoms with E-state index in [1.165, 1.54) is 37.3 Å². The predicted octanol–water partition coefficient (Wildman–Crippen LogP) is 3.54. The molecule has 0 spiro atoms. The van der Waals surface area contributed by atoms with E-state index in [4.69, 9.17) is 0 Å². The van der Waals surface area contributed by atoms with Crippen molar-refractivity contribution in [2.45, 2.75) is 53.0 Å². The molecule has 0 aromatic carbocycles. The van der Waals surface area contributed by atoms with Crippen LogP contribution < -0.4 is 5.32 Å². The van der Waals surface area contributed by atoms with Gasteiger partial charge < -0.3 is 5.32 Å². The van der Waals surface area contributed by atoms with Gasteiger partial charge in [0.2, 0.25) is 0 Å². The molecule has 0 fully saturated rings. The van der Waals surface area contributed by atoms with Gasteiger partial charge in [-0.15, -0.1) is 0 Å². The van der Waals surface area contributed by atoms with Crippen LogP contribution in [0.25, 0.3) is 0 Å². The van der Waals surface area contributed by atoms with Crippen LogP contribution in [0.1, 0.15) is 47.0 Å². The third-order valence-corrected chi connectivity index (χ3v) is 3.30. The summed E-state index contributed by atoms with van der Waals surface area (Å²) in [4.78, 5) is 0. The van der Waals surface area contributed by atoms with Crippen molar-refractivity contribution in [2.24, 2.45) is 5.92 Å². The van der Waals surface area contributed by atoms with Gasteiger partial charge in [0, 0.05) is 6.04 Å². The van der Waals surface area contributed by atoms with E-state index in [1.54, 1.807) is 0 Å². The van der Waals surface area contributed by atoms with Crippen LogP contribution in [0, 0.1) is 5.92 Å². The van der Waals surface area contributed by atoms with Crippen molar-refractivity contribution in [3.8, 4) is 0 Å². The number of rotatable bonds is 9. The van der Waals surface area contributed by atoms with E-state index >= 15 is 0 Å². The molecule has 0 bridgehead atoms. The number of hydrogen-bond donors (Lipinski definition) is 1. The van der Waals surface area contributed by atoms with Crippen LogP contribution in [0.4, 0.5) is 0 Å². The third kappa shape index (κ3) is 10.4. The van der Waals surface area contributed by atoms with Crippen molar-refractivity contribution in [1.29, 1.82) is 0 Å². The summed E-state index contributed by atoms with van der Waals surface area (Å²) in [5, 5.41) is 3.49. The lowest BCUT2D eigenvalue weighted by Crippen LogP contribution is -2.27. The van der Waals surface area contributed by atoms with Crippen LogP contribution in [-0.2, 0) is 0 Å². The highest BCUT2D eigenvalue weighted by Crippen LogP contribution is 2.10. The summed E-state index contributed by atoms with van der Waals surface area (Å²) in [6.45, 7) is 10.2. The van der Waals surface area contributed by atoms with Crippen molar-refractivity contribution in [3.05, 3.63) is 0 Å². The van der Waals surface area contributed by atoms with Crippen LogP contribution in [0.2, 0.25) is 0 Å². The standard InChI is InChI=1S/C12H27NS/c1-5-14-9-7-6-8-12(4)10-13-11(2)3/h11-13H,5-10H2,1-4H3. The van der Waals surface area contributed by atoms with Crippen LogP contribution in [0.15, 0.2) is 0 Å². The average Bonchev–Trinajstić information content (AvgIpc) is 2.14. The van der Waals surface area contributed by atoms with Crippen molar-refractivity contribution in [2.75, 3.05) is 18.1 Å². The molecule has 86 valence electrons. The molecule has 1 atom stereocenters. The van der Waals surface area contributed by atoms with Crippen LogP contribution in [0.3, 0.4) is 0 Å². The maximum absolute atomic E-state index is 3.49. The molecule has 0 heterocycles. The molecule has 2 heteroatoms. The smallest absolute Gasteiger partial charge is 0.00104 e. The Kier molecular flexibility index (Phi) is 10.1. The third-order valence-electron chi connectivity index (χ3n) is 2.31. The second kappa shape index (κ2) is 9.85. The van der Waals surface area contributed by atoms with E-state index in [0.29, 0.717) is 6.04 Å². The van der Waals surface area contributed by atoms with Crippen LogP contribution >= 0.6 is 11.8 Å². The first-order chi connectivity index (χ1) is 6.66. The van der Waals surface area contributed by atoms with Gasteiger partial charge in [-0.05, 0) is 36.8 Å². The monoisotopic (exact) mass is 217 g/mol. The van der Waals surface area contributed by atoms with Crippen molar-refractivity contribution >= 4 is 11.8 Å². The van der Waals surface area contributed by atoms with E-state index in [2.05, 4.69) is 44.8 Å². The Morgan fingerprint density at radius 1 is 1.14 bits per heavy atom. The molecule has 14 heavy (non-hydrogen) atoms. The molecular formula is C12H27NS. The summed E-state index contributed by atoms with van der Waals surface area (Å²) < 4.78 is 0. The summed E-state index contributed by atoms with van der Waals surface area (Å²) in [5.74, 6) is 3.45. The molecule has 1 unspecified atom stereocenters. The molecule has 1 N–H and O–H groups in total. The van der Waals surface area contributed by atoms with E-state index in [-0.39, 0.29) is 0 Å². The summed E-state index contributed by atoms with van der Waals surface area (Å²) in [6, 6.07) is 0.632. The van der Waals surface area contributed by atoms with Crippen molar-refractivity contribution in [3.63, 3.8) is 0 Å². The Morgan fingerprint density at radius 2 is 1.86 bits per heavy atom. The molecule has 0 aromatic rings. The Balaban J connectivity index is 3.14. The van der Waals surface area contributed by atoms with Gasteiger partial charge in [-0.25, -0.2) is 0 Å². The van der Waals surface area contributed by atoms with Crippen molar-refractivity contribution < 1.29 is 0 Å². The zero-order valence-electron chi connectivity index (χ0n) is 10.3. The van der Waals surface area contributed by atoms with Gasteiger partial charge in [0.05, 0.1) is 0 Å². The highest BCUT2D eigenvalue weighted by Gasteiger charge is 2.02. The molecule has 0 amide bonds. The van der Waals surface area contributed by atoms with E-state index in [1.807, 2.05) is 0 Å². The molecule has 0 radical (unpaired) electrons. The minimum atomic E-state index is 0.632. The van der Waals surface area contributed by atoms with Gasteiger partial charge in [-0.3, -0.25) is 0 Å². The minimum Gasteiger partial charge on any atom is -0.314 e. The quantitative estimate of drug-likeness (QED) is 0.593. The molecule has 0 rings (SSSR count). The molecule has 0 aliphatic heterocycles. The number of nitrogens with one attached hydrogen (secondary N) is 1. The summed E-state index contributed by atoms with van der Waals surface area (Å²) in [7, 11) is 0. The Morgan fingerprint density at radius 3 is 2.43 bits per heavy atom. The molecule has 0 aliphatic carbocycles. The number of thioether (sulfide) groups is 1. The molecule has 0 saturated heterocycles. The fourth-order valence-electron chi connectivity index (χ4n) is 1.38. The second-order valence-electron chi connectivity index (χ2n) is 4.36. The highest BCUT2D eigenvalue weighted by atomic mass is 32.2. The molecule has 0 saturated carbocycles. The number of hydrogen-bond acceptors (Lipinski definition) is 2. The molecule has 0 aromatic heterocycles. The zero-order valence-corrected chi connectivity index (χ0v) is 11.1. The summed E-state index contributed by atoms with van der Waals surface area (Å²) in [5.41, 5.74) is 0. The number of unbranched alkanes of at least 4 members (excludes halogenated alkanes) is 1. The van der Waals surface area contributed by atoms with Crippen LogP contribution in [-0.4, -0.2) is 24.1 Å². The van der Waals surface area contributed by atoms with Gasteiger partial charge in [0.1, 0.15) is 0 Å². The molecule has 0 aliphatic rings. The lowest BCUT2D eigenvalue weighted by atomic mass is 10.0. The average molecular weight is 217 g/mol. The van der Waals surface area contributed by atoms with Gasteiger partial charge in [-0.2, -0.15) is 11.8 Å². The van der Waals surface area contributed by atoms with E-state index in [0.717, 1.165) is 5.92 Å². The highest BCUT2D eigenvalue weighted by molar-refractivity contribution is 7.99. The lowest BCUT2D eigenvalue weighted by Gasteiger charge is -2.14. The fraction of sp³-hybridized carbons (Fsp3) is 1.00. The van der Waals surface area contributed by atoms with E-state index in [9.17, 15) is 0 Å². The van der Waals surface area contributed by atoms with Gasteiger partial charge in [0.15, 0.2) is 0 Å². The summed E-state index contributed by atoms with van der Waals surface area (Å²) in [6.07, 6.45) is 4.17. The first kappa shape index (κ1) is 14.3. The maximum Gasteiger partial charge on any atom is 0.00104 e. The van der Waals surface area contributed by atoms with Gasteiger partial charge in [-0.1, -0.05) is 34.1 Å². The lowest BCUT2D eigenvalue weighted by molar-refractivity contribution is 0.441. The topological polar surface area (TPSA) is 12.0 Å². The van der Waals surface area contributed by atoms with Crippen LogP contribution in [0.5, 0.6) is 0 Å². The van der Waals surface area contributed by atoms with E-state index < -0.39 is 0 Å². The second-order valence-corrected chi connectivity index (χ2v) is 5.75. The van der Waals surface area contributed by atoms with Crippen molar-refractivity contribution in [1.82, 2.24) is 5.32 Å². The Bertz CT molecular complexity index is 115. The minimum absolute atomic E-state index is 0.632. The summed E-state index contributed by atoms with van der Waals surface area (Å²) >= 11 is 2.06. The Hall–Kier alpha value is 0.310. The maximum atomic E-state index is 3.49. The van der Waals surface area contributed by atoms with Gasteiger partial charge >= 0.3 is 0 Å². The SMILES string of the molecule is CCSCCCCC(C)CNC(C)C. The largest absolute Gasteiger partial charge is 0.314 e. The normalized spacial score (nSPS) is 13.5.